The van der Waals surface area contributed by atoms with E-state index in [1.165, 1.54) is 27.7 Å². The van der Waals surface area contributed by atoms with Gasteiger partial charge in [-0.3, -0.25) is 19.1 Å². The number of H-pyrrole nitrogens is 2. The minimum absolute atomic E-state index is 0.0389. The van der Waals surface area contributed by atoms with Crippen molar-refractivity contribution < 1.29 is 22.4 Å². The summed E-state index contributed by atoms with van der Waals surface area (Å²) in [5.74, 6) is -1.29. The Kier molecular flexibility index (Phi) is 6.40. The van der Waals surface area contributed by atoms with E-state index in [2.05, 4.69) is 9.97 Å². The van der Waals surface area contributed by atoms with Crippen molar-refractivity contribution in [1.82, 2.24) is 19.4 Å². The molecular formula is C29H23F4N5O3. The van der Waals surface area contributed by atoms with E-state index in [4.69, 9.17) is 0 Å². The fourth-order valence-corrected chi connectivity index (χ4v) is 5.27. The molecule has 0 aliphatic carbocycles. The molecule has 41 heavy (non-hydrogen) atoms. The van der Waals surface area contributed by atoms with Crippen LogP contribution in [0.1, 0.15) is 21.5 Å². The van der Waals surface area contributed by atoms with Gasteiger partial charge in [0, 0.05) is 42.8 Å². The Morgan fingerprint density at radius 1 is 0.878 bits per heavy atom. The molecule has 2 aromatic heterocycles. The van der Waals surface area contributed by atoms with Crippen molar-refractivity contribution in [2.24, 2.45) is 0 Å². The molecule has 8 nitrogen and oxygen atoms in total. The van der Waals surface area contributed by atoms with Crippen LogP contribution in [-0.4, -0.2) is 51.5 Å². The molecular weight excluding hydrogens is 542 g/mol. The lowest BCUT2D eigenvalue weighted by Gasteiger charge is -2.36. The molecule has 1 fully saturated rings. The number of amides is 1. The van der Waals surface area contributed by atoms with Crippen molar-refractivity contribution >= 4 is 33.5 Å². The molecule has 210 valence electrons. The number of nitrogens with one attached hydrogen (secondary N) is 2. The van der Waals surface area contributed by atoms with E-state index < -0.39 is 34.7 Å². The summed E-state index contributed by atoms with van der Waals surface area (Å²) >= 11 is 0. The number of halogens is 4. The average molecular weight is 566 g/mol. The van der Waals surface area contributed by atoms with E-state index in [0.29, 0.717) is 33.2 Å². The Morgan fingerprint density at radius 2 is 1.63 bits per heavy atom. The van der Waals surface area contributed by atoms with Gasteiger partial charge in [0.25, 0.3) is 11.5 Å². The fourth-order valence-electron chi connectivity index (χ4n) is 5.27. The summed E-state index contributed by atoms with van der Waals surface area (Å²) in [4.78, 5) is 47.3. The quantitative estimate of drug-likeness (QED) is 0.317. The van der Waals surface area contributed by atoms with Gasteiger partial charge in [0.05, 0.1) is 23.1 Å². The zero-order valence-corrected chi connectivity index (χ0v) is 21.5. The topological polar surface area (TPSA) is 94.2 Å². The van der Waals surface area contributed by atoms with Crippen LogP contribution in [-0.2, 0) is 12.7 Å². The summed E-state index contributed by atoms with van der Waals surface area (Å²) in [5.41, 5.74) is -0.273. The summed E-state index contributed by atoms with van der Waals surface area (Å²) in [6.45, 7) is 0.892. The van der Waals surface area contributed by atoms with Gasteiger partial charge in [0.1, 0.15) is 11.5 Å². The number of fused-ring (bicyclic) bond motifs is 3. The molecule has 1 aliphatic rings. The van der Waals surface area contributed by atoms with Gasteiger partial charge < -0.3 is 14.8 Å². The van der Waals surface area contributed by atoms with E-state index in [-0.39, 0.29) is 38.3 Å². The van der Waals surface area contributed by atoms with Crippen molar-refractivity contribution in [2.75, 3.05) is 31.1 Å². The lowest BCUT2D eigenvalue weighted by molar-refractivity contribution is -0.137. The standard InChI is InChI=1S/C29H23F4N5O3/c30-22-9-8-17(16-38-25-24(26(39)35-28(38)41)20-6-1-2-7-23(20)34-25)14-21(22)27(40)37-12-10-36(11-13-37)19-5-3-4-18(15-19)29(31,32)33/h1-9,14-15,34H,10-13,16H2,(H,35,39,41). The van der Waals surface area contributed by atoms with Gasteiger partial charge in [0.2, 0.25) is 0 Å². The van der Waals surface area contributed by atoms with Crippen molar-refractivity contribution in [3.63, 3.8) is 0 Å². The highest BCUT2D eigenvalue weighted by molar-refractivity contribution is 6.05. The van der Waals surface area contributed by atoms with Crippen molar-refractivity contribution in [3.05, 3.63) is 110 Å². The Balaban J connectivity index is 1.24. The van der Waals surface area contributed by atoms with E-state index >= 15 is 0 Å². The summed E-state index contributed by atoms with van der Waals surface area (Å²) in [6.07, 6.45) is -4.46. The van der Waals surface area contributed by atoms with Crippen LogP contribution >= 0.6 is 0 Å². The Labute approximate surface area is 229 Å². The largest absolute Gasteiger partial charge is 0.416 e. The maximum absolute atomic E-state index is 14.8. The highest BCUT2D eigenvalue weighted by Crippen LogP contribution is 2.32. The van der Waals surface area contributed by atoms with Crippen LogP contribution in [0.3, 0.4) is 0 Å². The first-order valence-corrected chi connectivity index (χ1v) is 12.8. The van der Waals surface area contributed by atoms with Gasteiger partial charge in [-0.2, -0.15) is 13.2 Å². The molecule has 0 unspecified atom stereocenters. The number of benzene rings is 3. The smallest absolute Gasteiger partial charge is 0.368 e. The molecule has 0 radical (unpaired) electrons. The summed E-state index contributed by atoms with van der Waals surface area (Å²) in [6, 6.07) is 16.1. The fraction of sp³-hybridized carbons (Fsp3) is 0.207. The third-order valence-corrected chi connectivity index (χ3v) is 7.36. The highest BCUT2D eigenvalue weighted by Gasteiger charge is 2.31. The molecule has 0 spiro atoms. The Bertz CT molecular complexity index is 1920. The first-order chi connectivity index (χ1) is 19.6. The van der Waals surface area contributed by atoms with Gasteiger partial charge in [-0.05, 0) is 42.0 Å². The van der Waals surface area contributed by atoms with Gasteiger partial charge in [-0.25, -0.2) is 9.18 Å². The second-order valence-corrected chi connectivity index (χ2v) is 9.88. The third-order valence-electron chi connectivity index (χ3n) is 7.36. The van der Waals surface area contributed by atoms with Crippen LogP contribution in [0.25, 0.3) is 21.9 Å². The number of alkyl halides is 3. The number of nitrogens with zero attached hydrogens (tertiary/aromatic N) is 3. The van der Waals surface area contributed by atoms with Gasteiger partial charge >= 0.3 is 11.9 Å². The van der Waals surface area contributed by atoms with Crippen molar-refractivity contribution in [3.8, 4) is 0 Å². The van der Waals surface area contributed by atoms with Crippen LogP contribution < -0.4 is 16.1 Å². The molecule has 1 aliphatic heterocycles. The summed E-state index contributed by atoms with van der Waals surface area (Å²) < 4.78 is 55.5. The van der Waals surface area contributed by atoms with Crippen molar-refractivity contribution in [1.29, 1.82) is 0 Å². The number of para-hydroxylation sites is 1. The molecule has 0 atom stereocenters. The highest BCUT2D eigenvalue weighted by atomic mass is 19.4. The molecule has 3 heterocycles. The maximum atomic E-state index is 14.8. The molecule has 3 aromatic carbocycles. The van der Waals surface area contributed by atoms with Crippen LogP contribution in [0, 0.1) is 5.82 Å². The number of aromatic amines is 2. The monoisotopic (exact) mass is 565 g/mol. The van der Waals surface area contributed by atoms with Crippen LogP contribution in [0.2, 0.25) is 0 Å². The Morgan fingerprint density at radius 3 is 2.39 bits per heavy atom. The van der Waals surface area contributed by atoms with Gasteiger partial charge in [0.15, 0.2) is 0 Å². The third kappa shape index (κ3) is 4.85. The summed E-state index contributed by atoms with van der Waals surface area (Å²) in [7, 11) is 0. The molecule has 2 N–H and O–H groups in total. The van der Waals surface area contributed by atoms with Gasteiger partial charge in [-0.1, -0.05) is 30.3 Å². The molecule has 0 bridgehead atoms. The number of hydrogen-bond donors (Lipinski definition) is 2. The van der Waals surface area contributed by atoms with Crippen LogP contribution in [0.5, 0.6) is 0 Å². The zero-order valence-electron chi connectivity index (χ0n) is 21.5. The number of aromatic nitrogens is 3. The SMILES string of the molecule is O=C(c1cc(Cn2c(=O)[nH]c(=O)c3c4ccccc4[nH]c32)ccc1F)N1CCN(c2cccc(C(F)(F)F)c2)CC1. The minimum Gasteiger partial charge on any atom is -0.368 e. The average Bonchev–Trinajstić information content (AvgIpc) is 3.35. The predicted octanol–water partition coefficient (Wildman–Crippen LogP) is 4.34. The van der Waals surface area contributed by atoms with Crippen LogP contribution in [0.15, 0.2) is 76.3 Å². The molecule has 0 saturated carbocycles. The first-order valence-electron chi connectivity index (χ1n) is 12.8. The van der Waals surface area contributed by atoms with E-state index in [9.17, 15) is 31.9 Å². The van der Waals surface area contributed by atoms with E-state index in [1.54, 1.807) is 35.2 Å². The number of rotatable bonds is 4. The number of carbonyl (C=O) groups excluding carboxylic acids is 1. The molecule has 1 amide bonds. The maximum Gasteiger partial charge on any atom is 0.416 e. The van der Waals surface area contributed by atoms with E-state index in [0.717, 1.165) is 18.2 Å². The lowest BCUT2D eigenvalue weighted by atomic mass is 10.1. The number of anilines is 1. The zero-order chi connectivity index (χ0) is 28.9. The van der Waals surface area contributed by atoms with E-state index in [1.807, 2.05) is 0 Å². The molecule has 1 saturated heterocycles. The van der Waals surface area contributed by atoms with Crippen molar-refractivity contribution in [2.45, 2.75) is 12.7 Å². The first kappa shape index (κ1) is 26.4. The summed E-state index contributed by atoms with van der Waals surface area (Å²) in [5, 5.41) is 0.967. The number of hydrogen-bond acceptors (Lipinski definition) is 4. The number of piperazine rings is 1. The number of carbonyl (C=O) groups is 1. The molecule has 6 rings (SSSR count). The second kappa shape index (κ2) is 9.95. The predicted molar refractivity (Wildman–Crippen MR) is 146 cm³/mol. The van der Waals surface area contributed by atoms with Crippen LogP contribution in [0.4, 0.5) is 23.2 Å². The second-order valence-electron chi connectivity index (χ2n) is 9.88. The molecule has 12 heteroatoms. The minimum atomic E-state index is -4.46. The molecule has 5 aromatic rings. The lowest BCUT2D eigenvalue weighted by Crippen LogP contribution is -2.49. The Hall–Kier alpha value is -4.87. The van der Waals surface area contributed by atoms with Gasteiger partial charge in [-0.15, -0.1) is 0 Å². The normalized spacial score (nSPS) is 14.2.